The van der Waals surface area contributed by atoms with Crippen molar-refractivity contribution in [1.82, 2.24) is 5.32 Å². The molecule has 0 aliphatic rings. The number of fused-ring (bicyclic) bond motifs is 1. The van der Waals surface area contributed by atoms with Crippen LogP contribution in [0.2, 0.25) is 0 Å². The third-order valence-corrected chi connectivity index (χ3v) is 3.40. The first-order valence-electron chi connectivity index (χ1n) is 6.97. The summed E-state index contributed by atoms with van der Waals surface area (Å²) in [5.74, 6) is 0.950. The molecule has 0 aliphatic carbocycles. The molecular weight excluding hydrogens is 241 g/mol. The molecule has 19 heavy (non-hydrogen) atoms. The molecule has 0 saturated heterocycles. The monoisotopic (exact) mass is 263 g/mol. The summed E-state index contributed by atoms with van der Waals surface area (Å²) in [6, 6.07) is 3.79. The van der Waals surface area contributed by atoms with Gasteiger partial charge in [-0.2, -0.15) is 0 Å². The van der Waals surface area contributed by atoms with Crippen molar-refractivity contribution in [3.05, 3.63) is 34.8 Å². The van der Waals surface area contributed by atoms with Crippen molar-refractivity contribution in [3.8, 4) is 0 Å². The van der Waals surface area contributed by atoms with Crippen LogP contribution in [0.3, 0.4) is 0 Å². The first-order valence-corrected chi connectivity index (χ1v) is 6.97. The summed E-state index contributed by atoms with van der Waals surface area (Å²) in [7, 11) is 0. The van der Waals surface area contributed by atoms with E-state index in [1.807, 2.05) is 12.1 Å². The van der Waals surface area contributed by atoms with Crippen LogP contribution in [0, 0.1) is 12.7 Å². The number of hydrogen-bond acceptors (Lipinski definition) is 2. The highest BCUT2D eigenvalue weighted by molar-refractivity contribution is 5.84. The topological polar surface area (TPSA) is 25.2 Å². The summed E-state index contributed by atoms with van der Waals surface area (Å²) < 4.78 is 19.9. The minimum absolute atomic E-state index is 0.235. The Labute approximate surface area is 114 Å². The molecule has 2 rings (SSSR count). The van der Waals surface area contributed by atoms with Gasteiger partial charge in [0.05, 0.1) is 6.54 Å². The maximum Gasteiger partial charge on any atom is 0.170 e. The molecule has 1 aromatic heterocycles. The van der Waals surface area contributed by atoms with E-state index in [2.05, 4.69) is 26.1 Å². The smallest absolute Gasteiger partial charge is 0.170 e. The van der Waals surface area contributed by atoms with Crippen LogP contribution in [0.25, 0.3) is 11.0 Å². The van der Waals surface area contributed by atoms with Crippen molar-refractivity contribution in [2.45, 2.75) is 46.6 Å². The van der Waals surface area contributed by atoms with Crippen LogP contribution >= 0.6 is 0 Å². The Bertz CT molecular complexity index is 572. The summed E-state index contributed by atoms with van der Waals surface area (Å²) in [5.41, 5.74) is 2.15. The lowest BCUT2D eigenvalue weighted by molar-refractivity contribution is 0.486. The van der Waals surface area contributed by atoms with E-state index in [0.717, 1.165) is 29.7 Å². The number of rotatable bonds is 5. The van der Waals surface area contributed by atoms with E-state index in [4.69, 9.17) is 4.42 Å². The highest BCUT2D eigenvalue weighted by Crippen LogP contribution is 2.34. The summed E-state index contributed by atoms with van der Waals surface area (Å²) in [6.45, 7) is 9.72. The van der Waals surface area contributed by atoms with E-state index >= 15 is 0 Å². The van der Waals surface area contributed by atoms with Gasteiger partial charge in [0.2, 0.25) is 0 Å². The highest BCUT2D eigenvalue weighted by atomic mass is 19.1. The Morgan fingerprint density at radius 1 is 1.32 bits per heavy atom. The molecule has 2 aromatic rings. The van der Waals surface area contributed by atoms with Gasteiger partial charge in [0, 0.05) is 10.9 Å². The summed E-state index contributed by atoms with van der Waals surface area (Å²) >= 11 is 0. The average molecular weight is 263 g/mol. The van der Waals surface area contributed by atoms with Crippen LogP contribution < -0.4 is 5.32 Å². The number of furan rings is 1. The second-order valence-corrected chi connectivity index (χ2v) is 5.34. The maximum atomic E-state index is 14.1. The summed E-state index contributed by atoms with van der Waals surface area (Å²) in [5, 5.41) is 4.23. The van der Waals surface area contributed by atoms with Crippen molar-refractivity contribution >= 4 is 11.0 Å². The lowest BCUT2D eigenvalue weighted by Crippen LogP contribution is -2.14. The highest BCUT2D eigenvalue weighted by Gasteiger charge is 2.19. The maximum absolute atomic E-state index is 14.1. The van der Waals surface area contributed by atoms with E-state index in [0.29, 0.717) is 23.6 Å². The molecule has 0 atom stereocenters. The Balaban J connectivity index is 2.50. The van der Waals surface area contributed by atoms with Gasteiger partial charge in [0.15, 0.2) is 11.4 Å². The lowest BCUT2D eigenvalue weighted by atomic mass is 9.98. The van der Waals surface area contributed by atoms with Crippen LogP contribution in [0.5, 0.6) is 0 Å². The fourth-order valence-electron chi connectivity index (χ4n) is 2.44. The van der Waals surface area contributed by atoms with E-state index in [1.165, 1.54) is 0 Å². The molecule has 0 aliphatic heterocycles. The van der Waals surface area contributed by atoms with E-state index in [9.17, 15) is 4.39 Å². The molecule has 0 spiro atoms. The zero-order chi connectivity index (χ0) is 14.0. The second-order valence-electron chi connectivity index (χ2n) is 5.34. The number of benzene rings is 1. The average Bonchev–Trinajstić information content (AvgIpc) is 2.73. The van der Waals surface area contributed by atoms with Gasteiger partial charge in [-0.1, -0.05) is 32.9 Å². The SMILES string of the molecule is CCCNCc1oc2c(F)c(C)ccc2c1C(C)C. The molecule has 1 aromatic carbocycles. The number of aryl methyl sites for hydroxylation is 1. The molecule has 1 N–H and O–H groups in total. The molecule has 0 bridgehead atoms. The Kier molecular flexibility index (Phi) is 4.25. The molecule has 0 fully saturated rings. The summed E-state index contributed by atoms with van der Waals surface area (Å²) in [6.07, 6.45) is 1.07. The van der Waals surface area contributed by atoms with Gasteiger partial charge in [-0.15, -0.1) is 0 Å². The van der Waals surface area contributed by atoms with Crippen molar-refractivity contribution in [2.75, 3.05) is 6.54 Å². The zero-order valence-corrected chi connectivity index (χ0v) is 12.1. The minimum Gasteiger partial charge on any atom is -0.456 e. The van der Waals surface area contributed by atoms with Gasteiger partial charge < -0.3 is 9.73 Å². The molecule has 2 nitrogen and oxygen atoms in total. The van der Waals surface area contributed by atoms with E-state index < -0.39 is 0 Å². The van der Waals surface area contributed by atoms with Crippen molar-refractivity contribution in [1.29, 1.82) is 0 Å². The van der Waals surface area contributed by atoms with E-state index in [1.54, 1.807) is 6.92 Å². The molecule has 104 valence electrons. The largest absolute Gasteiger partial charge is 0.456 e. The summed E-state index contributed by atoms with van der Waals surface area (Å²) in [4.78, 5) is 0. The third kappa shape index (κ3) is 2.66. The number of halogens is 1. The Hall–Kier alpha value is -1.35. The Morgan fingerprint density at radius 3 is 2.68 bits per heavy atom. The van der Waals surface area contributed by atoms with Crippen LogP contribution in [-0.4, -0.2) is 6.54 Å². The normalized spacial score (nSPS) is 11.7. The van der Waals surface area contributed by atoms with E-state index in [-0.39, 0.29) is 5.82 Å². The van der Waals surface area contributed by atoms with Crippen molar-refractivity contribution in [3.63, 3.8) is 0 Å². The molecular formula is C16H22FNO. The molecule has 0 unspecified atom stereocenters. The fourth-order valence-corrected chi connectivity index (χ4v) is 2.44. The first-order chi connectivity index (χ1) is 9.06. The van der Waals surface area contributed by atoms with Crippen LogP contribution in [0.1, 0.15) is 50.0 Å². The predicted molar refractivity (Wildman–Crippen MR) is 77.0 cm³/mol. The molecule has 3 heteroatoms. The number of nitrogens with one attached hydrogen (secondary N) is 1. The van der Waals surface area contributed by atoms with Crippen molar-refractivity contribution in [2.24, 2.45) is 0 Å². The standard InChI is InChI=1S/C16H22FNO/c1-5-8-18-9-13-14(10(2)3)12-7-6-11(4)15(17)16(12)19-13/h6-7,10,18H,5,8-9H2,1-4H3. The van der Waals surface area contributed by atoms with Crippen LogP contribution in [0.15, 0.2) is 16.5 Å². The molecule has 1 heterocycles. The van der Waals surface area contributed by atoms with Crippen LogP contribution in [0.4, 0.5) is 4.39 Å². The third-order valence-electron chi connectivity index (χ3n) is 3.40. The number of hydrogen-bond donors (Lipinski definition) is 1. The molecule has 0 radical (unpaired) electrons. The van der Waals surface area contributed by atoms with Gasteiger partial charge in [-0.25, -0.2) is 4.39 Å². The molecule has 0 saturated carbocycles. The first kappa shape index (κ1) is 14.1. The predicted octanol–water partition coefficient (Wildman–Crippen LogP) is 4.50. The minimum atomic E-state index is -0.235. The zero-order valence-electron chi connectivity index (χ0n) is 12.1. The second kappa shape index (κ2) is 5.74. The van der Waals surface area contributed by atoms with Gasteiger partial charge in [0.25, 0.3) is 0 Å². The van der Waals surface area contributed by atoms with Crippen LogP contribution in [-0.2, 0) is 6.54 Å². The van der Waals surface area contributed by atoms with Crippen molar-refractivity contribution < 1.29 is 8.81 Å². The molecule has 0 amide bonds. The van der Waals surface area contributed by atoms with Gasteiger partial charge >= 0.3 is 0 Å². The fraction of sp³-hybridized carbons (Fsp3) is 0.500. The van der Waals surface area contributed by atoms with Gasteiger partial charge in [-0.3, -0.25) is 0 Å². The lowest BCUT2D eigenvalue weighted by Gasteiger charge is -2.07. The van der Waals surface area contributed by atoms with Gasteiger partial charge in [-0.05, 0) is 31.4 Å². The quantitative estimate of drug-likeness (QED) is 0.803. The Morgan fingerprint density at radius 2 is 2.05 bits per heavy atom. The van der Waals surface area contributed by atoms with Gasteiger partial charge in [0.1, 0.15) is 5.76 Å².